The van der Waals surface area contributed by atoms with E-state index in [2.05, 4.69) is 10.2 Å². The lowest BCUT2D eigenvalue weighted by molar-refractivity contribution is 0.0981. The predicted molar refractivity (Wildman–Crippen MR) is 150 cm³/mol. The second kappa shape index (κ2) is 8.23. The highest BCUT2D eigenvalue weighted by Gasteiger charge is 2.80. The molecule has 5 heterocycles. The Balaban J connectivity index is 1.09. The summed E-state index contributed by atoms with van der Waals surface area (Å²) >= 11 is 1.37. The van der Waals surface area contributed by atoms with Crippen molar-refractivity contribution in [2.75, 3.05) is 28.2 Å². The number of fused-ring (bicyclic) bond motifs is 4. The number of aromatic nitrogens is 1. The number of anilines is 3. The maximum atomic E-state index is 14.3. The lowest BCUT2D eigenvalue weighted by atomic mass is 10.1. The van der Waals surface area contributed by atoms with Gasteiger partial charge in [0, 0.05) is 29.6 Å². The molecule has 0 spiro atoms. The number of thiophene rings is 1. The number of nitrogens with zero attached hydrogens (tertiary/aromatic N) is 3. The number of halogens is 1. The first-order valence-corrected chi connectivity index (χ1v) is 14.2. The van der Waals surface area contributed by atoms with Crippen LogP contribution in [0.15, 0.2) is 66.7 Å². The normalized spacial score (nSPS) is 23.4. The minimum absolute atomic E-state index is 0.119. The Morgan fingerprint density at radius 2 is 1.87 bits per heavy atom. The lowest BCUT2D eigenvalue weighted by Gasteiger charge is -2.23. The minimum atomic E-state index is -0.457. The Hall–Kier alpha value is -4.04. The zero-order valence-electron chi connectivity index (χ0n) is 21.2. The molecule has 8 heteroatoms. The van der Waals surface area contributed by atoms with Crippen molar-refractivity contribution in [1.29, 1.82) is 0 Å². The number of benzene rings is 2. The van der Waals surface area contributed by atoms with E-state index in [1.807, 2.05) is 47.4 Å². The van der Waals surface area contributed by atoms with Gasteiger partial charge in [0.2, 0.25) is 0 Å². The summed E-state index contributed by atoms with van der Waals surface area (Å²) in [5.74, 6) is 2.56. The highest BCUT2D eigenvalue weighted by atomic mass is 32.1. The van der Waals surface area contributed by atoms with Crippen molar-refractivity contribution in [3.05, 3.63) is 94.2 Å². The van der Waals surface area contributed by atoms with E-state index in [1.165, 1.54) is 17.4 Å². The highest BCUT2D eigenvalue weighted by Crippen LogP contribution is 2.75. The molecule has 39 heavy (non-hydrogen) atoms. The van der Waals surface area contributed by atoms with E-state index >= 15 is 0 Å². The van der Waals surface area contributed by atoms with Gasteiger partial charge in [-0.3, -0.25) is 9.59 Å². The number of pyridine rings is 1. The number of carbonyl (C=O) groups excluding carboxylic acids is 2. The molecule has 4 aromatic rings. The molecule has 2 saturated heterocycles. The van der Waals surface area contributed by atoms with E-state index < -0.39 is 5.82 Å². The highest BCUT2D eigenvalue weighted by molar-refractivity contribution is 7.17. The zero-order valence-corrected chi connectivity index (χ0v) is 22.0. The van der Waals surface area contributed by atoms with Gasteiger partial charge in [-0.15, -0.1) is 11.3 Å². The molecule has 3 aliphatic heterocycles. The molecular weight excluding hydrogens is 511 g/mol. The van der Waals surface area contributed by atoms with E-state index in [1.54, 1.807) is 25.1 Å². The van der Waals surface area contributed by atoms with Crippen LogP contribution in [0.2, 0.25) is 0 Å². The van der Waals surface area contributed by atoms with Gasteiger partial charge in [-0.05, 0) is 72.6 Å². The first-order chi connectivity index (χ1) is 19.0. The van der Waals surface area contributed by atoms with Gasteiger partial charge in [0.15, 0.2) is 0 Å². The first-order valence-electron chi connectivity index (χ1n) is 13.3. The Bertz CT molecular complexity index is 1660. The van der Waals surface area contributed by atoms with E-state index in [-0.39, 0.29) is 17.5 Å². The number of nitrogens with one attached hydrogen (secondary N) is 1. The van der Waals surface area contributed by atoms with Gasteiger partial charge in [-0.2, -0.15) is 0 Å². The van der Waals surface area contributed by atoms with Gasteiger partial charge in [0.25, 0.3) is 11.8 Å². The quantitative estimate of drug-likeness (QED) is 0.359. The molecular formula is C31H25FN4O2S. The van der Waals surface area contributed by atoms with Gasteiger partial charge >= 0.3 is 0 Å². The molecule has 2 aliphatic carbocycles. The molecule has 2 amide bonds. The summed E-state index contributed by atoms with van der Waals surface area (Å²) < 4.78 is 14.3. The summed E-state index contributed by atoms with van der Waals surface area (Å²) in [6.07, 6.45) is 0.594. The van der Waals surface area contributed by atoms with Gasteiger partial charge in [0.05, 0.1) is 16.3 Å². The Morgan fingerprint density at radius 1 is 1.05 bits per heavy atom. The molecule has 2 unspecified atom stereocenters. The van der Waals surface area contributed by atoms with Crippen LogP contribution in [0.1, 0.15) is 31.3 Å². The van der Waals surface area contributed by atoms with Crippen LogP contribution >= 0.6 is 11.3 Å². The Morgan fingerprint density at radius 3 is 2.67 bits per heavy atom. The number of para-hydroxylation sites is 2. The Labute approximate surface area is 229 Å². The molecule has 2 atom stereocenters. The molecule has 1 N–H and O–H groups in total. The van der Waals surface area contributed by atoms with Crippen LogP contribution in [-0.4, -0.2) is 35.9 Å². The Kier molecular flexibility index (Phi) is 4.83. The SMILES string of the molecule is Cc1cccc(F)c1NC(=O)c1cc2c(s1)-c1ccccc1N(C(=O)c1cccc(N3CC4C5C4C53)n1)CC2. The third-order valence-corrected chi connectivity index (χ3v) is 9.95. The second-order valence-corrected chi connectivity index (χ2v) is 12.0. The van der Waals surface area contributed by atoms with Gasteiger partial charge in [0.1, 0.15) is 17.3 Å². The third kappa shape index (κ3) is 3.47. The topological polar surface area (TPSA) is 65.5 Å². The monoisotopic (exact) mass is 536 g/mol. The number of rotatable bonds is 4. The largest absolute Gasteiger partial charge is 0.353 e. The maximum absolute atomic E-state index is 14.3. The average Bonchev–Trinajstić information content (AvgIpc) is 3.67. The van der Waals surface area contributed by atoms with Crippen molar-refractivity contribution < 1.29 is 14.0 Å². The zero-order chi connectivity index (χ0) is 26.4. The summed E-state index contributed by atoms with van der Waals surface area (Å²) in [6, 6.07) is 20.8. The number of aryl methyl sites for hydroxylation is 1. The lowest BCUT2D eigenvalue weighted by Crippen LogP contribution is -2.33. The standard InChI is InChI=1S/C31H25FN4O2S/c1-16-6-4-8-20(32)27(16)34-30(37)23-14-17-12-13-35(22-10-3-2-7-18(22)29(17)39-23)31(38)21-9-5-11-24(33-21)36-15-19-25-26(19)28(25)36/h2-11,14,19,25-26,28H,12-13,15H2,1H3,(H,34,37). The second-order valence-electron chi connectivity index (χ2n) is 10.9. The third-order valence-electron chi connectivity index (χ3n) is 8.74. The summed E-state index contributed by atoms with van der Waals surface area (Å²) in [7, 11) is 0. The van der Waals surface area contributed by atoms with Gasteiger partial charge in [-0.1, -0.05) is 36.4 Å². The van der Waals surface area contributed by atoms with Crippen LogP contribution in [0.3, 0.4) is 0 Å². The van der Waals surface area contributed by atoms with Crippen LogP contribution in [0, 0.1) is 30.5 Å². The maximum Gasteiger partial charge on any atom is 0.276 e. The average molecular weight is 537 g/mol. The fraction of sp³-hybridized carbons (Fsp3) is 0.258. The van der Waals surface area contributed by atoms with Crippen LogP contribution in [0.5, 0.6) is 0 Å². The van der Waals surface area contributed by atoms with Crippen molar-refractivity contribution in [3.8, 4) is 10.4 Å². The van der Waals surface area contributed by atoms with Crippen LogP contribution in [-0.2, 0) is 6.42 Å². The van der Waals surface area contributed by atoms with E-state index in [0.29, 0.717) is 35.1 Å². The number of amides is 2. The molecule has 2 aromatic heterocycles. The summed E-state index contributed by atoms with van der Waals surface area (Å²) in [6.45, 7) is 3.30. The molecule has 4 fully saturated rings. The summed E-state index contributed by atoms with van der Waals surface area (Å²) in [5.41, 5.74) is 4.03. The van der Waals surface area contributed by atoms with Crippen molar-refractivity contribution in [3.63, 3.8) is 0 Å². The molecule has 2 bridgehead atoms. The van der Waals surface area contributed by atoms with E-state index in [0.717, 1.165) is 51.8 Å². The number of carbonyl (C=O) groups is 2. The minimum Gasteiger partial charge on any atom is -0.353 e. The molecule has 5 aliphatic rings. The van der Waals surface area contributed by atoms with E-state index in [4.69, 9.17) is 4.98 Å². The summed E-state index contributed by atoms with van der Waals surface area (Å²) in [5, 5.41) is 2.75. The smallest absolute Gasteiger partial charge is 0.276 e. The van der Waals surface area contributed by atoms with Crippen LogP contribution < -0.4 is 15.1 Å². The van der Waals surface area contributed by atoms with Gasteiger partial charge < -0.3 is 15.1 Å². The van der Waals surface area contributed by atoms with Crippen molar-refractivity contribution in [2.24, 2.45) is 17.8 Å². The molecule has 2 aromatic carbocycles. The number of hydrogen-bond donors (Lipinski definition) is 1. The number of hydrogen-bond acceptors (Lipinski definition) is 5. The molecule has 0 radical (unpaired) electrons. The molecule has 9 rings (SSSR count). The molecule has 2 saturated carbocycles. The predicted octanol–water partition coefficient (Wildman–Crippen LogP) is 5.78. The van der Waals surface area contributed by atoms with E-state index in [9.17, 15) is 14.0 Å². The first kappa shape index (κ1) is 22.9. The van der Waals surface area contributed by atoms with Crippen molar-refractivity contribution in [1.82, 2.24) is 4.98 Å². The fourth-order valence-corrected chi connectivity index (χ4v) is 7.75. The van der Waals surface area contributed by atoms with Crippen molar-refractivity contribution >= 4 is 40.3 Å². The fourth-order valence-electron chi connectivity index (χ4n) is 6.61. The molecule has 194 valence electrons. The number of piperidine rings is 1. The van der Waals surface area contributed by atoms with Crippen LogP contribution in [0.4, 0.5) is 21.6 Å². The van der Waals surface area contributed by atoms with Crippen LogP contribution in [0.25, 0.3) is 10.4 Å². The molecule has 6 nitrogen and oxygen atoms in total. The van der Waals surface area contributed by atoms with Crippen molar-refractivity contribution in [2.45, 2.75) is 19.4 Å². The van der Waals surface area contributed by atoms with Gasteiger partial charge in [-0.25, -0.2) is 9.37 Å². The summed E-state index contributed by atoms with van der Waals surface area (Å²) in [4.78, 5) is 37.4.